The lowest BCUT2D eigenvalue weighted by molar-refractivity contribution is -0.384. The van der Waals surface area contributed by atoms with E-state index in [1.807, 2.05) is 0 Å². The van der Waals surface area contributed by atoms with Crippen LogP contribution in [0.3, 0.4) is 0 Å². The predicted octanol–water partition coefficient (Wildman–Crippen LogP) is 6.73. The Morgan fingerprint density at radius 3 is 2.43 bits per heavy atom. The number of halogens is 4. The van der Waals surface area contributed by atoms with Crippen LogP contribution in [-0.2, 0) is 16.0 Å². The van der Waals surface area contributed by atoms with Crippen molar-refractivity contribution >= 4 is 52.5 Å². The maximum absolute atomic E-state index is 13.6. The third-order valence-electron chi connectivity index (χ3n) is 7.01. The quantitative estimate of drug-likeness (QED) is 0.118. The average Bonchev–Trinajstić information content (AvgIpc) is 3.70. The zero-order valence-corrected chi connectivity index (χ0v) is 25.2. The van der Waals surface area contributed by atoms with Crippen LogP contribution in [0.2, 0.25) is 10.0 Å². The van der Waals surface area contributed by atoms with Crippen LogP contribution in [0, 0.1) is 16.0 Å². The number of aromatic nitrogens is 1. The second-order valence-electron chi connectivity index (χ2n) is 10.1. The number of nitro benzene ring substituents is 1. The van der Waals surface area contributed by atoms with Gasteiger partial charge in [-0.15, -0.1) is 11.8 Å². The van der Waals surface area contributed by atoms with Gasteiger partial charge in [-0.3, -0.25) is 19.9 Å². The third-order valence-corrected chi connectivity index (χ3v) is 8.84. The SMILES string of the molecule is O=C(OC(Cc1c(Cl)cncc1Cl)c1ccc(OC(F)F)c(OCC2CC2)c1)C1SCCN1C(=O)c1ccc([N+](=O)[O-])cc1. The Bertz CT molecular complexity index is 1530. The normalized spacial score (nSPS) is 16.9. The summed E-state index contributed by atoms with van der Waals surface area (Å²) in [7, 11) is 0. The number of esters is 1. The molecular formula is C29H25Cl2F2N3O7S. The first-order valence-corrected chi connectivity index (χ1v) is 15.3. The van der Waals surface area contributed by atoms with Gasteiger partial charge in [-0.2, -0.15) is 8.78 Å². The Kier molecular flexibility index (Phi) is 10.1. The number of thioether (sulfide) groups is 1. The van der Waals surface area contributed by atoms with Gasteiger partial charge in [0.25, 0.3) is 11.6 Å². The lowest BCUT2D eigenvalue weighted by Crippen LogP contribution is -2.40. The van der Waals surface area contributed by atoms with Gasteiger partial charge in [-0.25, -0.2) is 4.79 Å². The predicted molar refractivity (Wildman–Crippen MR) is 158 cm³/mol. The van der Waals surface area contributed by atoms with Crippen molar-refractivity contribution in [3.8, 4) is 11.5 Å². The Morgan fingerprint density at radius 2 is 1.80 bits per heavy atom. The van der Waals surface area contributed by atoms with E-state index in [1.165, 1.54) is 71.5 Å². The van der Waals surface area contributed by atoms with E-state index < -0.39 is 34.9 Å². The molecule has 2 aliphatic rings. The second-order valence-corrected chi connectivity index (χ2v) is 12.1. The van der Waals surface area contributed by atoms with Crippen molar-refractivity contribution in [3.05, 3.63) is 91.7 Å². The Labute approximate surface area is 264 Å². The number of nitrogens with zero attached hydrogens (tertiary/aromatic N) is 3. The highest BCUT2D eigenvalue weighted by Crippen LogP contribution is 2.39. The summed E-state index contributed by atoms with van der Waals surface area (Å²) in [5.41, 5.74) is 0.836. The highest BCUT2D eigenvalue weighted by Gasteiger charge is 2.38. The molecular weight excluding hydrogens is 643 g/mol. The van der Waals surface area contributed by atoms with Gasteiger partial charge in [-0.1, -0.05) is 29.3 Å². The van der Waals surface area contributed by atoms with E-state index in [0.717, 1.165) is 12.8 Å². The molecule has 1 aromatic heterocycles. The summed E-state index contributed by atoms with van der Waals surface area (Å²) < 4.78 is 42.7. The summed E-state index contributed by atoms with van der Waals surface area (Å²) in [4.78, 5) is 42.6. The number of hydrogen-bond donors (Lipinski definition) is 0. The van der Waals surface area contributed by atoms with Crippen molar-refractivity contribution in [1.82, 2.24) is 9.88 Å². The first kappa shape index (κ1) is 31.7. The minimum atomic E-state index is -3.08. The van der Waals surface area contributed by atoms with Crippen LogP contribution in [0.5, 0.6) is 11.5 Å². The van der Waals surface area contributed by atoms with Crippen LogP contribution in [0.1, 0.15) is 40.4 Å². The number of benzene rings is 2. The van der Waals surface area contributed by atoms with E-state index in [0.29, 0.717) is 29.4 Å². The molecule has 2 aromatic carbocycles. The topological polar surface area (TPSA) is 121 Å². The number of rotatable bonds is 12. The van der Waals surface area contributed by atoms with Crippen LogP contribution < -0.4 is 9.47 Å². The fourth-order valence-corrected chi connectivity index (χ4v) is 6.15. The monoisotopic (exact) mass is 667 g/mol. The maximum Gasteiger partial charge on any atom is 0.387 e. The molecule has 2 unspecified atom stereocenters. The second kappa shape index (κ2) is 14.0. The Hall–Kier alpha value is -3.68. The van der Waals surface area contributed by atoms with Crippen LogP contribution >= 0.6 is 35.0 Å². The van der Waals surface area contributed by atoms with Gasteiger partial charge in [0.1, 0.15) is 6.10 Å². The van der Waals surface area contributed by atoms with Crippen LogP contribution in [0.25, 0.3) is 0 Å². The zero-order valence-electron chi connectivity index (χ0n) is 22.9. The molecule has 1 amide bonds. The highest BCUT2D eigenvalue weighted by atomic mass is 35.5. The molecule has 2 fully saturated rings. The van der Waals surface area contributed by atoms with E-state index in [-0.39, 0.29) is 45.8 Å². The number of carbonyl (C=O) groups is 2. The van der Waals surface area contributed by atoms with E-state index in [4.69, 9.17) is 32.7 Å². The van der Waals surface area contributed by atoms with Crippen LogP contribution in [-0.4, -0.2) is 57.6 Å². The Morgan fingerprint density at radius 1 is 1.09 bits per heavy atom. The number of hydrogen-bond acceptors (Lipinski definition) is 9. The molecule has 10 nitrogen and oxygen atoms in total. The lowest BCUT2D eigenvalue weighted by Gasteiger charge is -2.26. The molecule has 0 bridgehead atoms. The van der Waals surface area contributed by atoms with Gasteiger partial charge in [0.2, 0.25) is 0 Å². The number of amides is 1. The van der Waals surface area contributed by atoms with Gasteiger partial charge in [0, 0.05) is 48.8 Å². The first-order chi connectivity index (χ1) is 21.1. The summed E-state index contributed by atoms with van der Waals surface area (Å²) in [5.74, 6) is -0.562. The maximum atomic E-state index is 13.6. The Balaban J connectivity index is 1.42. The van der Waals surface area contributed by atoms with Crippen LogP contribution in [0.4, 0.5) is 14.5 Å². The van der Waals surface area contributed by atoms with Gasteiger partial charge in [0.05, 0.1) is 21.6 Å². The molecule has 1 saturated heterocycles. The molecule has 0 spiro atoms. The smallest absolute Gasteiger partial charge is 0.387 e. The molecule has 3 aromatic rings. The lowest BCUT2D eigenvalue weighted by atomic mass is 10.0. The molecule has 5 rings (SSSR count). The van der Waals surface area contributed by atoms with Crippen LogP contribution in [0.15, 0.2) is 54.9 Å². The number of alkyl halides is 2. The highest BCUT2D eigenvalue weighted by molar-refractivity contribution is 8.00. The van der Waals surface area contributed by atoms with Gasteiger partial charge in [-0.05, 0) is 54.2 Å². The van der Waals surface area contributed by atoms with Gasteiger partial charge < -0.3 is 19.1 Å². The number of nitro groups is 1. The fraction of sp³-hybridized carbons (Fsp3) is 0.345. The van der Waals surface area contributed by atoms with E-state index in [1.54, 1.807) is 0 Å². The molecule has 44 heavy (non-hydrogen) atoms. The van der Waals surface area contributed by atoms with Gasteiger partial charge >= 0.3 is 12.6 Å². The first-order valence-electron chi connectivity index (χ1n) is 13.5. The fourth-order valence-electron chi connectivity index (χ4n) is 4.53. The summed E-state index contributed by atoms with van der Waals surface area (Å²) in [6.45, 7) is -2.52. The third kappa shape index (κ3) is 7.69. The molecule has 2 atom stereocenters. The zero-order chi connectivity index (χ0) is 31.4. The van der Waals surface area contributed by atoms with Crippen molar-refractivity contribution in [3.63, 3.8) is 0 Å². The number of ether oxygens (including phenoxy) is 3. The van der Waals surface area contributed by atoms with Crippen molar-refractivity contribution < 1.29 is 37.5 Å². The number of carbonyl (C=O) groups excluding carboxylic acids is 2. The minimum absolute atomic E-state index is 0.00325. The van der Waals surface area contributed by atoms with Crippen molar-refractivity contribution in [1.29, 1.82) is 0 Å². The molecule has 1 aliphatic carbocycles. The molecule has 232 valence electrons. The van der Waals surface area contributed by atoms with Gasteiger partial charge in [0.15, 0.2) is 16.9 Å². The molecule has 15 heteroatoms. The summed E-state index contributed by atoms with van der Waals surface area (Å²) in [5, 5.41) is 10.4. The molecule has 1 aliphatic heterocycles. The van der Waals surface area contributed by atoms with E-state index >= 15 is 0 Å². The molecule has 1 saturated carbocycles. The number of pyridine rings is 1. The van der Waals surface area contributed by atoms with Crippen molar-refractivity contribution in [2.75, 3.05) is 18.9 Å². The molecule has 0 radical (unpaired) electrons. The van der Waals surface area contributed by atoms with Crippen molar-refractivity contribution in [2.45, 2.75) is 37.4 Å². The molecule has 0 N–H and O–H groups in total. The van der Waals surface area contributed by atoms with E-state index in [9.17, 15) is 28.5 Å². The average molecular weight is 669 g/mol. The number of non-ortho nitro benzene ring substituents is 1. The summed E-state index contributed by atoms with van der Waals surface area (Å²) >= 11 is 14.0. The minimum Gasteiger partial charge on any atom is -0.489 e. The standard InChI is InChI=1S/C29H25Cl2F2N3O7S/c30-21-13-34-14-22(31)20(21)12-24(18-5-8-23(43-29(32)33)25(11-18)41-15-16-1-2-16)42-28(38)27-35(9-10-44-27)26(37)17-3-6-19(7-4-17)36(39)40/h3-8,11,13-14,16,24,27,29H,1-2,9-10,12,15H2. The van der Waals surface area contributed by atoms with E-state index in [2.05, 4.69) is 9.72 Å². The molecule has 2 heterocycles. The summed E-state index contributed by atoms with van der Waals surface area (Å²) in [6.07, 6.45) is 3.69. The largest absolute Gasteiger partial charge is 0.489 e. The van der Waals surface area contributed by atoms with Crippen molar-refractivity contribution in [2.24, 2.45) is 5.92 Å². The summed E-state index contributed by atoms with van der Waals surface area (Å²) in [6, 6.07) is 9.35.